The molecule has 4 rings (SSSR count). The summed E-state index contributed by atoms with van der Waals surface area (Å²) in [6.45, 7) is 4.01. The summed E-state index contributed by atoms with van der Waals surface area (Å²) in [5, 5.41) is 7.05. The standard InChI is InChI=1S/C22H24N4O4/c1-2-25(14-20-4-3-10-30-20)22(28)16-5-7-19(8-6-16)26-13-18(12-23-26)24-21(27)17-9-11-29-15-17/h5-9,11-13,15,20H,2-4,10,14H2,1H3,(H,24,27)/t20-/m1/s1. The van der Waals surface area contributed by atoms with Gasteiger partial charge in [-0.3, -0.25) is 9.59 Å². The van der Waals surface area contributed by atoms with Crippen molar-refractivity contribution in [3.05, 3.63) is 66.4 Å². The predicted octanol–water partition coefficient (Wildman–Crippen LogP) is 3.36. The first-order valence-corrected chi connectivity index (χ1v) is 10.0. The summed E-state index contributed by atoms with van der Waals surface area (Å²) in [5.41, 5.74) is 2.42. The zero-order valence-electron chi connectivity index (χ0n) is 16.8. The van der Waals surface area contributed by atoms with Crippen LogP contribution in [0.15, 0.2) is 59.7 Å². The van der Waals surface area contributed by atoms with Crippen LogP contribution in [0.5, 0.6) is 0 Å². The second kappa shape index (κ2) is 8.96. The van der Waals surface area contributed by atoms with E-state index in [0.29, 0.717) is 29.9 Å². The van der Waals surface area contributed by atoms with E-state index in [1.54, 1.807) is 35.3 Å². The number of ether oxygens (including phenoxy) is 1. The molecule has 0 aliphatic carbocycles. The molecule has 1 aromatic carbocycles. The number of nitrogens with one attached hydrogen (secondary N) is 1. The summed E-state index contributed by atoms with van der Waals surface area (Å²) < 4.78 is 12.2. The number of benzene rings is 1. The number of rotatable bonds is 7. The number of nitrogens with zero attached hydrogens (tertiary/aromatic N) is 3. The van der Waals surface area contributed by atoms with E-state index in [9.17, 15) is 9.59 Å². The fourth-order valence-electron chi connectivity index (χ4n) is 3.45. The first-order valence-electron chi connectivity index (χ1n) is 10.0. The van der Waals surface area contributed by atoms with E-state index < -0.39 is 0 Å². The Bertz CT molecular complexity index is 989. The molecular weight excluding hydrogens is 384 g/mol. The van der Waals surface area contributed by atoms with Crippen molar-refractivity contribution in [3.8, 4) is 5.69 Å². The Kier molecular flexibility index (Phi) is 5.94. The minimum atomic E-state index is -0.268. The van der Waals surface area contributed by atoms with E-state index in [0.717, 1.165) is 25.1 Å². The number of anilines is 1. The smallest absolute Gasteiger partial charge is 0.259 e. The van der Waals surface area contributed by atoms with Gasteiger partial charge in [0, 0.05) is 25.3 Å². The third kappa shape index (κ3) is 4.44. The third-order valence-corrected chi connectivity index (χ3v) is 5.12. The van der Waals surface area contributed by atoms with Gasteiger partial charge in [0.15, 0.2) is 0 Å². The molecule has 0 bridgehead atoms. The third-order valence-electron chi connectivity index (χ3n) is 5.12. The zero-order valence-corrected chi connectivity index (χ0v) is 16.8. The normalized spacial score (nSPS) is 15.8. The summed E-state index contributed by atoms with van der Waals surface area (Å²) in [6, 6.07) is 8.85. The maximum Gasteiger partial charge on any atom is 0.259 e. The maximum atomic E-state index is 12.8. The van der Waals surface area contributed by atoms with Crippen molar-refractivity contribution >= 4 is 17.5 Å². The van der Waals surface area contributed by atoms with Crippen LogP contribution in [0.1, 0.15) is 40.5 Å². The number of amides is 2. The van der Waals surface area contributed by atoms with Crippen LogP contribution in [0.4, 0.5) is 5.69 Å². The topological polar surface area (TPSA) is 89.6 Å². The van der Waals surface area contributed by atoms with Crippen molar-refractivity contribution in [1.82, 2.24) is 14.7 Å². The lowest BCUT2D eigenvalue weighted by atomic mass is 10.1. The Hall–Kier alpha value is -3.39. The molecule has 1 aliphatic heterocycles. The highest BCUT2D eigenvalue weighted by atomic mass is 16.5. The number of likely N-dealkylation sites (N-methyl/N-ethyl adjacent to an activating group) is 1. The molecule has 0 unspecified atom stereocenters. The maximum absolute atomic E-state index is 12.8. The molecule has 1 fully saturated rings. The molecule has 1 N–H and O–H groups in total. The summed E-state index contributed by atoms with van der Waals surface area (Å²) in [4.78, 5) is 26.8. The molecule has 30 heavy (non-hydrogen) atoms. The number of furan rings is 1. The van der Waals surface area contributed by atoms with Gasteiger partial charge in [-0.25, -0.2) is 4.68 Å². The minimum Gasteiger partial charge on any atom is -0.472 e. The van der Waals surface area contributed by atoms with Crippen LogP contribution >= 0.6 is 0 Å². The summed E-state index contributed by atoms with van der Waals surface area (Å²) in [6.07, 6.45) is 8.30. The molecule has 1 atom stereocenters. The quantitative estimate of drug-likeness (QED) is 0.647. The van der Waals surface area contributed by atoms with Gasteiger partial charge in [-0.15, -0.1) is 0 Å². The second-order valence-corrected chi connectivity index (χ2v) is 7.17. The second-order valence-electron chi connectivity index (χ2n) is 7.17. The molecule has 0 saturated carbocycles. The van der Waals surface area contributed by atoms with Crippen molar-refractivity contribution in [3.63, 3.8) is 0 Å². The molecular formula is C22H24N4O4. The van der Waals surface area contributed by atoms with Gasteiger partial charge in [0.2, 0.25) is 0 Å². The number of hydrogen-bond acceptors (Lipinski definition) is 5. The van der Waals surface area contributed by atoms with Crippen LogP contribution in [0.3, 0.4) is 0 Å². The fraction of sp³-hybridized carbons (Fsp3) is 0.318. The summed E-state index contributed by atoms with van der Waals surface area (Å²) >= 11 is 0. The molecule has 8 heteroatoms. The SMILES string of the molecule is CCN(C[C@H]1CCCO1)C(=O)c1ccc(-n2cc(NC(=O)c3ccoc3)cn2)cc1. The lowest BCUT2D eigenvalue weighted by Crippen LogP contribution is -2.37. The largest absolute Gasteiger partial charge is 0.472 e. The van der Waals surface area contributed by atoms with Gasteiger partial charge >= 0.3 is 0 Å². The highest BCUT2D eigenvalue weighted by Gasteiger charge is 2.22. The highest BCUT2D eigenvalue weighted by Crippen LogP contribution is 2.17. The van der Waals surface area contributed by atoms with Crippen LogP contribution in [0.2, 0.25) is 0 Å². The Morgan fingerprint density at radius 3 is 2.73 bits per heavy atom. The van der Waals surface area contributed by atoms with Gasteiger partial charge in [0.05, 0.1) is 41.7 Å². The van der Waals surface area contributed by atoms with E-state index in [-0.39, 0.29) is 17.9 Å². The molecule has 1 aliphatic rings. The lowest BCUT2D eigenvalue weighted by molar-refractivity contribution is 0.0539. The molecule has 0 spiro atoms. The van der Waals surface area contributed by atoms with E-state index in [1.807, 2.05) is 24.0 Å². The van der Waals surface area contributed by atoms with Crippen molar-refractivity contribution in [2.24, 2.45) is 0 Å². The Morgan fingerprint density at radius 1 is 1.23 bits per heavy atom. The van der Waals surface area contributed by atoms with Gasteiger partial charge in [-0.1, -0.05) is 0 Å². The van der Waals surface area contributed by atoms with E-state index in [1.165, 1.54) is 12.5 Å². The highest BCUT2D eigenvalue weighted by molar-refractivity contribution is 6.03. The first kappa shape index (κ1) is 19.9. The number of aromatic nitrogens is 2. The van der Waals surface area contributed by atoms with Gasteiger partial charge in [-0.2, -0.15) is 5.10 Å². The van der Waals surface area contributed by atoms with Crippen LogP contribution in [-0.4, -0.2) is 52.3 Å². The van der Waals surface area contributed by atoms with E-state index in [2.05, 4.69) is 10.4 Å². The molecule has 3 aromatic rings. The van der Waals surface area contributed by atoms with Gasteiger partial charge in [0.1, 0.15) is 6.26 Å². The van der Waals surface area contributed by atoms with E-state index >= 15 is 0 Å². The number of hydrogen-bond donors (Lipinski definition) is 1. The molecule has 2 amide bonds. The van der Waals surface area contributed by atoms with Crippen molar-refractivity contribution in [1.29, 1.82) is 0 Å². The minimum absolute atomic E-state index is 0.00641. The van der Waals surface area contributed by atoms with Gasteiger partial charge in [0.25, 0.3) is 11.8 Å². The molecule has 1 saturated heterocycles. The van der Waals surface area contributed by atoms with E-state index in [4.69, 9.17) is 9.15 Å². The van der Waals surface area contributed by atoms with Crippen LogP contribution < -0.4 is 5.32 Å². The Morgan fingerprint density at radius 2 is 2.07 bits per heavy atom. The fourth-order valence-corrected chi connectivity index (χ4v) is 3.45. The molecule has 2 aromatic heterocycles. The van der Waals surface area contributed by atoms with Crippen LogP contribution in [0, 0.1) is 0 Å². The number of carbonyl (C=O) groups is 2. The average molecular weight is 408 g/mol. The van der Waals surface area contributed by atoms with Crippen molar-refractivity contribution in [2.45, 2.75) is 25.9 Å². The predicted molar refractivity (Wildman–Crippen MR) is 111 cm³/mol. The van der Waals surface area contributed by atoms with Gasteiger partial charge in [-0.05, 0) is 50.1 Å². The van der Waals surface area contributed by atoms with Crippen LogP contribution in [-0.2, 0) is 4.74 Å². The summed E-state index contributed by atoms with van der Waals surface area (Å²) in [7, 11) is 0. The molecule has 156 valence electrons. The monoisotopic (exact) mass is 408 g/mol. The average Bonchev–Trinajstić information content (AvgIpc) is 3.54. The van der Waals surface area contributed by atoms with Crippen LogP contribution in [0.25, 0.3) is 5.69 Å². The number of carbonyl (C=O) groups excluding carboxylic acids is 2. The molecule has 8 nitrogen and oxygen atoms in total. The van der Waals surface area contributed by atoms with Crippen molar-refractivity contribution < 1.29 is 18.7 Å². The first-order chi connectivity index (χ1) is 14.6. The lowest BCUT2D eigenvalue weighted by Gasteiger charge is -2.24. The molecule has 3 heterocycles. The molecule has 0 radical (unpaired) electrons. The zero-order chi connectivity index (χ0) is 20.9. The Balaban J connectivity index is 1.41. The van der Waals surface area contributed by atoms with Crippen molar-refractivity contribution in [2.75, 3.05) is 25.0 Å². The Labute approximate surface area is 174 Å². The van der Waals surface area contributed by atoms with Gasteiger partial charge < -0.3 is 19.4 Å². The summed E-state index contributed by atoms with van der Waals surface area (Å²) in [5.74, 6) is -0.275.